The molecule has 2 aliphatic rings. The molecule has 0 saturated heterocycles. The van der Waals surface area contributed by atoms with Gasteiger partial charge in [0.1, 0.15) is 5.37 Å². The van der Waals surface area contributed by atoms with E-state index in [-0.39, 0.29) is 10.8 Å². The largest absolute Gasteiger partial charge is 0.368 e. The highest BCUT2D eigenvalue weighted by Gasteiger charge is 2.38. The lowest BCUT2D eigenvalue weighted by Crippen LogP contribution is -2.16. The van der Waals surface area contributed by atoms with Crippen molar-refractivity contribution in [1.29, 1.82) is 0 Å². The van der Waals surface area contributed by atoms with Gasteiger partial charge in [-0.25, -0.2) is 0 Å². The summed E-state index contributed by atoms with van der Waals surface area (Å²) in [5.74, 6) is 0. The van der Waals surface area contributed by atoms with Crippen molar-refractivity contribution < 1.29 is 0 Å². The number of anilines is 1. The maximum Gasteiger partial charge on any atom is 0.103 e. The molecule has 1 heterocycles. The van der Waals surface area contributed by atoms with E-state index in [1.807, 2.05) is 11.8 Å². The highest BCUT2D eigenvalue weighted by molar-refractivity contribution is 8.00. The standard InChI is InChI=1S/C58H39NS/c1-58(2)51-31-36(57-59-53-25-13-14-26-54(53)60-57)27-28-43(51)46-32-49-50(33-52(46)58)56(48-30-35-16-4-6-18-38(35)40-20-8-10-22-42(40)48)45-24-12-11-23-44(45)55(49)47-29-34-15-3-5-17-37(34)39-19-7-9-21-41(39)47/h3-33,57,59H,1-2H3. The van der Waals surface area contributed by atoms with Gasteiger partial charge in [0, 0.05) is 16.0 Å². The Morgan fingerprint density at radius 1 is 0.383 bits per heavy atom. The first-order chi connectivity index (χ1) is 29.5. The topological polar surface area (TPSA) is 12.0 Å². The Labute approximate surface area is 353 Å². The summed E-state index contributed by atoms with van der Waals surface area (Å²) in [6.07, 6.45) is 0. The maximum absolute atomic E-state index is 3.80. The van der Waals surface area contributed by atoms with Crippen LogP contribution in [0.4, 0.5) is 5.69 Å². The van der Waals surface area contributed by atoms with Crippen molar-refractivity contribution in [2.45, 2.75) is 29.5 Å². The summed E-state index contributed by atoms with van der Waals surface area (Å²) < 4.78 is 0. The average molecular weight is 782 g/mol. The molecule has 60 heavy (non-hydrogen) atoms. The third kappa shape index (κ3) is 4.77. The normalized spacial score (nSPS) is 15.2. The van der Waals surface area contributed by atoms with Crippen LogP contribution in [0.1, 0.15) is 35.9 Å². The molecule has 13 rings (SSSR count). The zero-order valence-electron chi connectivity index (χ0n) is 33.4. The molecule has 1 unspecified atom stereocenters. The Kier molecular flexibility index (Phi) is 7.13. The number of nitrogens with one attached hydrogen (secondary N) is 1. The second-order valence-corrected chi connectivity index (χ2v) is 18.3. The molecule has 0 saturated carbocycles. The second-order valence-electron chi connectivity index (χ2n) is 17.2. The molecule has 1 aliphatic carbocycles. The fourth-order valence-corrected chi connectivity index (χ4v) is 12.0. The first-order valence-electron chi connectivity index (χ1n) is 21.0. The zero-order chi connectivity index (χ0) is 39.7. The van der Waals surface area contributed by atoms with Crippen LogP contribution in [0.3, 0.4) is 0 Å². The molecule has 11 aromatic carbocycles. The number of para-hydroxylation sites is 1. The molecule has 0 aromatic heterocycles. The smallest absolute Gasteiger partial charge is 0.103 e. The van der Waals surface area contributed by atoms with Gasteiger partial charge in [-0.15, -0.1) is 0 Å². The highest BCUT2D eigenvalue weighted by Crippen LogP contribution is 2.56. The Morgan fingerprint density at radius 3 is 1.47 bits per heavy atom. The van der Waals surface area contributed by atoms with E-state index in [0.717, 1.165) is 0 Å². The van der Waals surface area contributed by atoms with E-state index < -0.39 is 0 Å². The molecular weight excluding hydrogens is 743 g/mol. The number of rotatable bonds is 3. The molecule has 1 nitrogen and oxygen atoms in total. The lowest BCUT2D eigenvalue weighted by Gasteiger charge is -2.25. The summed E-state index contributed by atoms with van der Waals surface area (Å²) in [4.78, 5) is 1.31. The van der Waals surface area contributed by atoms with Crippen molar-refractivity contribution >= 4 is 82.1 Å². The van der Waals surface area contributed by atoms with Crippen molar-refractivity contribution in [3.63, 3.8) is 0 Å². The quantitative estimate of drug-likeness (QED) is 0.142. The van der Waals surface area contributed by atoms with Crippen molar-refractivity contribution in [3.05, 3.63) is 205 Å². The maximum atomic E-state index is 3.80. The molecule has 282 valence electrons. The molecule has 1 N–H and O–H groups in total. The van der Waals surface area contributed by atoms with E-state index in [4.69, 9.17) is 0 Å². The Bertz CT molecular complexity index is 3630. The summed E-state index contributed by atoms with van der Waals surface area (Å²) in [5.41, 5.74) is 12.9. The van der Waals surface area contributed by atoms with Gasteiger partial charge in [-0.3, -0.25) is 0 Å². The van der Waals surface area contributed by atoms with Crippen LogP contribution in [0, 0.1) is 0 Å². The Hall–Kier alpha value is -6.87. The third-order valence-corrected chi connectivity index (χ3v) is 14.9. The van der Waals surface area contributed by atoms with Crippen molar-refractivity contribution in [1.82, 2.24) is 0 Å². The minimum absolute atomic E-state index is 0.178. The van der Waals surface area contributed by atoms with Crippen LogP contribution in [0.2, 0.25) is 0 Å². The van der Waals surface area contributed by atoms with E-state index >= 15 is 0 Å². The molecule has 0 spiro atoms. The average Bonchev–Trinajstić information content (AvgIpc) is 3.83. The van der Waals surface area contributed by atoms with Crippen LogP contribution in [-0.2, 0) is 5.41 Å². The van der Waals surface area contributed by atoms with Crippen molar-refractivity contribution in [2.24, 2.45) is 0 Å². The first kappa shape index (κ1) is 34.0. The van der Waals surface area contributed by atoms with Crippen LogP contribution >= 0.6 is 11.8 Å². The van der Waals surface area contributed by atoms with Gasteiger partial charge in [-0.05, 0) is 151 Å². The van der Waals surface area contributed by atoms with Crippen LogP contribution in [0.5, 0.6) is 0 Å². The van der Waals surface area contributed by atoms with Gasteiger partial charge < -0.3 is 5.32 Å². The van der Waals surface area contributed by atoms with E-state index in [1.54, 1.807) is 0 Å². The molecular formula is C58H39NS. The summed E-state index contributed by atoms with van der Waals surface area (Å²) in [6, 6.07) is 70.9. The Balaban J connectivity index is 1.16. The van der Waals surface area contributed by atoms with Gasteiger partial charge in [-0.2, -0.15) is 0 Å². The van der Waals surface area contributed by atoms with Gasteiger partial charge in [-0.1, -0.05) is 177 Å². The minimum atomic E-state index is -0.213. The molecule has 0 fully saturated rings. The minimum Gasteiger partial charge on any atom is -0.368 e. The molecule has 0 amide bonds. The molecule has 0 bridgehead atoms. The van der Waals surface area contributed by atoms with Gasteiger partial charge >= 0.3 is 0 Å². The van der Waals surface area contributed by atoms with Crippen LogP contribution in [-0.4, -0.2) is 0 Å². The SMILES string of the molecule is CC1(C)c2cc(C3Nc4ccccc4S3)ccc2-c2cc3c(-c4cc5ccccc5c5ccccc45)c4ccccc4c(-c4cc5ccccc5c5ccccc45)c3cc21. The lowest BCUT2D eigenvalue weighted by molar-refractivity contribution is 0.660. The number of benzene rings is 11. The molecule has 1 atom stereocenters. The van der Waals surface area contributed by atoms with E-state index in [0.29, 0.717) is 0 Å². The number of fused-ring (bicyclic) bond motifs is 12. The molecule has 0 radical (unpaired) electrons. The summed E-state index contributed by atoms with van der Waals surface area (Å²) in [6.45, 7) is 4.86. The van der Waals surface area contributed by atoms with E-state index in [1.165, 1.54) is 125 Å². The van der Waals surface area contributed by atoms with Gasteiger partial charge in [0.05, 0.1) is 0 Å². The zero-order valence-corrected chi connectivity index (χ0v) is 34.2. The van der Waals surface area contributed by atoms with Crippen LogP contribution in [0.15, 0.2) is 193 Å². The highest BCUT2D eigenvalue weighted by atomic mass is 32.2. The summed E-state index contributed by atoms with van der Waals surface area (Å²) in [7, 11) is 0. The summed E-state index contributed by atoms with van der Waals surface area (Å²) in [5, 5.41) is 19.3. The third-order valence-electron chi connectivity index (χ3n) is 13.6. The fourth-order valence-electron chi connectivity index (χ4n) is 10.8. The van der Waals surface area contributed by atoms with Gasteiger partial charge in [0.2, 0.25) is 0 Å². The predicted molar refractivity (Wildman–Crippen MR) is 259 cm³/mol. The molecule has 1 aliphatic heterocycles. The second kappa shape index (κ2) is 12.6. The number of thioether (sulfide) groups is 1. The van der Waals surface area contributed by atoms with E-state index in [9.17, 15) is 0 Å². The fraction of sp³-hybridized carbons (Fsp3) is 0.0690. The van der Waals surface area contributed by atoms with Gasteiger partial charge in [0.25, 0.3) is 0 Å². The van der Waals surface area contributed by atoms with E-state index in [2.05, 4.69) is 207 Å². The molecule has 2 heteroatoms. The number of hydrogen-bond acceptors (Lipinski definition) is 2. The molecule has 11 aromatic rings. The lowest BCUT2D eigenvalue weighted by atomic mass is 9.78. The summed E-state index contributed by atoms with van der Waals surface area (Å²) >= 11 is 1.91. The predicted octanol–water partition coefficient (Wildman–Crippen LogP) is 16.5. The van der Waals surface area contributed by atoms with Gasteiger partial charge in [0.15, 0.2) is 0 Å². The van der Waals surface area contributed by atoms with Crippen molar-refractivity contribution in [3.8, 4) is 33.4 Å². The van der Waals surface area contributed by atoms with Crippen LogP contribution in [0.25, 0.3) is 98.0 Å². The van der Waals surface area contributed by atoms with Crippen LogP contribution < -0.4 is 5.32 Å². The Morgan fingerprint density at radius 2 is 0.867 bits per heavy atom. The number of hydrogen-bond donors (Lipinski definition) is 1. The first-order valence-corrected chi connectivity index (χ1v) is 21.9. The van der Waals surface area contributed by atoms with Crippen molar-refractivity contribution in [2.75, 3.05) is 5.32 Å². The monoisotopic (exact) mass is 781 g/mol.